The van der Waals surface area contributed by atoms with Crippen LogP contribution in [0.1, 0.15) is 17.2 Å². The molecular formula is C28H24ClFN6O4S. The summed E-state index contributed by atoms with van der Waals surface area (Å²) in [7, 11) is -2.40. The molecule has 3 heterocycles. The van der Waals surface area contributed by atoms with Crippen molar-refractivity contribution in [3.8, 4) is 11.3 Å². The zero-order valence-electron chi connectivity index (χ0n) is 21.9. The number of pyridine rings is 1. The van der Waals surface area contributed by atoms with Crippen LogP contribution in [-0.4, -0.2) is 39.3 Å². The van der Waals surface area contributed by atoms with Gasteiger partial charge in [-0.3, -0.25) is 13.7 Å². The van der Waals surface area contributed by atoms with Crippen LogP contribution >= 0.6 is 11.6 Å². The fourth-order valence-corrected chi connectivity index (χ4v) is 5.11. The number of anilines is 2. The average molecular weight is 595 g/mol. The van der Waals surface area contributed by atoms with E-state index in [4.69, 9.17) is 15.8 Å². The van der Waals surface area contributed by atoms with Crippen LogP contribution in [0.5, 0.6) is 0 Å². The Labute approximate surface area is 240 Å². The molecule has 10 nitrogen and oxygen atoms in total. The van der Waals surface area contributed by atoms with Gasteiger partial charge in [-0.25, -0.2) is 14.4 Å². The minimum absolute atomic E-state index is 0.0360. The van der Waals surface area contributed by atoms with Crippen molar-refractivity contribution in [1.82, 2.24) is 24.3 Å². The molecule has 3 aromatic heterocycles. The van der Waals surface area contributed by atoms with E-state index in [0.29, 0.717) is 28.6 Å². The average Bonchev–Trinajstić information content (AvgIpc) is 3.35. The molecule has 0 saturated heterocycles. The predicted molar refractivity (Wildman–Crippen MR) is 152 cm³/mol. The van der Waals surface area contributed by atoms with E-state index >= 15 is 0 Å². The summed E-state index contributed by atoms with van der Waals surface area (Å²) >= 11 is 5.87. The molecule has 2 aromatic carbocycles. The molecule has 41 heavy (non-hydrogen) atoms. The minimum atomic E-state index is -4.17. The Kier molecular flexibility index (Phi) is 7.97. The lowest BCUT2D eigenvalue weighted by Gasteiger charge is -2.21. The van der Waals surface area contributed by atoms with Crippen molar-refractivity contribution in [2.75, 3.05) is 11.9 Å². The third-order valence-corrected chi connectivity index (χ3v) is 7.92. The highest BCUT2D eigenvalue weighted by Crippen LogP contribution is 2.26. The third-order valence-electron chi connectivity index (χ3n) is 6.32. The summed E-state index contributed by atoms with van der Waals surface area (Å²) in [5.41, 5.74) is 1.66. The van der Waals surface area contributed by atoms with Crippen molar-refractivity contribution >= 4 is 33.5 Å². The second-order valence-electron chi connectivity index (χ2n) is 9.13. The first-order valence-corrected chi connectivity index (χ1v) is 14.1. The van der Waals surface area contributed by atoms with E-state index in [2.05, 4.69) is 20.4 Å². The molecule has 0 bridgehead atoms. The van der Waals surface area contributed by atoms with Gasteiger partial charge in [-0.05, 0) is 48.9 Å². The smallest absolute Gasteiger partial charge is 0.297 e. The summed E-state index contributed by atoms with van der Waals surface area (Å²) in [6.07, 6.45) is 4.66. The second kappa shape index (κ2) is 11.6. The van der Waals surface area contributed by atoms with E-state index in [1.165, 1.54) is 41.1 Å². The van der Waals surface area contributed by atoms with E-state index in [1.54, 1.807) is 54.5 Å². The molecule has 0 radical (unpaired) electrons. The first-order valence-electron chi connectivity index (χ1n) is 12.3. The van der Waals surface area contributed by atoms with Gasteiger partial charge >= 0.3 is 0 Å². The van der Waals surface area contributed by atoms with Crippen molar-refractivity contribution in [3.63, 3.8) is 0 Å². The van der Waals surface area contributed by atoms with Crippen LogP contribution in [0.4, 0.5) is 16.2 Å². The number of nitrogens with zero attached hydrogens (tertiary/aromatic N) is 5. The maximum atomic E-state index is 14.4. The van der Waals surface area contributed by atoms with Gasteiger partial charge in [-0.1, -0.05) is 35.4 Å². The molecule has 0 amide bonds. The number of hydrogen-bond donors (Lipinski definition) is 1. The van der Waals surface area contributed by atoms with Gasteiger partial charge in [0.25, 0.3) is 15.7 Å². The Hall–Kier alpha value is -4.39. The van der Waals surface area contributed by atoms with Gasteiger partial charge in [0.15, 0.2) is 0 Å². The standard InChI is InChI=1S/C28H24ClFN6O4S/c1-18-3-6-21(7-4-18)41(38,39)40-17-25(20-5-8-22(29)23(30)15-20)36-14-11-19(16-27(36)37)24-9-12-31-28(33-24)34-26-10-13-32-35(26)2/h3-16,25H,17H2,1-2H3,(H,31,33,34)/t25-/m1/s1. The number of nitrogens with one attached hydrogen (secondary N) is 1. The number of benzene rings is 2. The van der Waals surface area contributed by atoms with Gasteiger partial charge in [0.2, 0.25) is 5.95 Å². The fourth-order valence-electron chi connectivity index (χ4n) is 4.08. The highest BCUT2D eigenvalue weighted by molar-refractivity contribution is 7.86. The first kappa shape index (κ1) is 28.1. The molecule has 1 atom stereocenters. The fraction of sp³-hybridized carbons (Fsp3) is 0.143. The molecule has 5 rings (SSSR count). The lowest BCUT2D eigenvalue weighted by atomic mass is 10.1. The molecule has 0 saturated carbocycles. The number of hydrogen-bond acceptors (Lipinski definition) is 8. The Morgan fingerprint density at radius 2 is 1.83 bits per heavy atom. The molecule has 5 aromatic rings. The largest absolute Gasteiger partial charge is 0.309 e. The molecule has 0 aliphatic carbocycles. The molecule has 13 heteroatoms. The summed E-state index contributed by atoms with van der Waals surface area (Å²) in [4.78, 5) is 22.0. The van der Waals surface area contributed by atoms with Gasteiger partial charge < -0.3 is 9.88 Å². The SMILES string of the molecule is Cc1ccc(S(=O)(=O)OC[C@H](c2ccc(Cl)c(F)c2)n2ccc(-c3ccnc(Nc4ccnn4C)n3)cc2=O)cc1. The minimum Gasteiger partial charge on any atom is -0.309 e. The van der Waals surface area contributed by atoms with Crippen molar-refractivity contribution in [3.05, 3.63) is 118 Å². The summed E-state index contributed by atoms with van der Waals surface area (Å²) in [6.45, 7) is 1.36. The van der Waals surface area contributed by atoms with Crippen LogP contribution in [0.15, 0.2) is 95.0 Å². The van der Waals surface area contributed by atoms with Gasteiger partial charge in [0.1, 0.15) is 11.6 Å². The first-order chi connectivity index (χ1) is 19.6. The van der Waals surface area contributed by atoms with Crippen LogP contribution in [-0.2, 0) is 21.3 Å². The molecule has 0 fully saturated rings. The Morgan fingerprint density at radius 3 is 2.51 bits per heavy atom. The lowest BCUT2D eigenvalue weighted by Crippen LogP contribution is -2.28. The lowest BCUT2D eigenvalue weighted by molar-refractivity contribution is 0.273. The van der Waals surface area contributed by atoms with Gasteiger partial charge in [-0.15, -0.1) is 0 Å². The maximum absolute atomic E-state index is 14.4. The summed E-state index contributed by atoms with van der Waals surface area (Å²) in [5.74, 6) is 0.269. The van der Waals surface area contributed by atoms with Gasteiger partial charge in [0, 0.05) is 37.1 Å². The number of halogens is 2. The van der Waals surface area contributed by atoms with Gasteiger partial charge in [-0.2, -0.15) is 13.5 Å². The number of aryl methyl sites for hydroxylation is 2. The highest BCUT2D eigenvalue weighted by atomic mass is 35.5. The van der Waals surface area contributed by atoms with E-state index in [-0.39, 0.29) is 9.92 Å². The summed E-state index contributed by atoms with van der Waals surface area (Å²) in [5, 5.41) is 7.04. The van der Waals surface area contributed by atoms with Crippen molar-refractivity contribution in [2.45, 2.75) is 17.9 Å². The zero-order chi connectivity index (χ0) is 29.1. The molecule has 0 aliphatic rings. The molecule has 1 N–H and O–H groups in total. The summed E-state index contributed by atoms with van der Waals surface area (Å²) in [6, 6.07) is 15.6. The van der Waals surface area contributed by atoms with Crippen molar-refractivity contribution in [2.24, 2.45) is 7.05 Å². The van der Waals surface area contributed by atoms with E-state index in [9.17, 15) is 17.6 Å². The highest BCUT2D eigenvalue weighted by Gasteiger charge is 2.23. The zero-order valence-corrected chi connectivity index (χ0v) is 23.5. The van der Waals surface area contributed by atoms with Crippen molar-refractivity contribution < 1.29 is 17.0 Å². The van der Waals surface area contributed by atoms with Crippen LogP contribution in [0, 0.1) is 12.7 Å². The number of rotatable bonds is 9. The third kappa shape index (κ3) is 6.35. The van der Waals surface area contributed by atoms with E-state index in [0.717, 1.165) is 11.6 Å². The molecular weight excluding hydrogens is 571 g/mol. The van der Waals surface area contributed by atoms with Crippen LogP contribution in [0.2, 0.25) is 5.02 Å². The van der Waals surface area contributed by atoms with Crippen molar-refractivity contribution in [1.29, 1.82) is 0 Å². The maximum Gasteiger partial charge on any atom is 0.297 e. The van der Waals surface area contributed by atoms with Crippen LogP contribution in [0.3, 0.4) is 0 Å². The molecule has 0 unspecified atom stereocenters. The van der Waals surface area contributed by atoms with Crippen LogP contribution in [0.25, 0.3) is 11.3 Å². The quantitative estimate of drug-likeness (QED) is 0.240. The Bertz CT molecular complexity index is 1880. The monoisotopic (exact) mass is 594 g/mol. The topological polar surface area (TPSA) is 121 Å². The van der Waals surface area contributed by atoms with E-state index in [1.807, 2.05) is 6.92 Å². The predicted octanol–water partition coefficient (Wildman–Crippen LogP) is 4.88. The van der Waals surface area contributed by atoms with Crippen LogP contribution < -0.4 is 10.9 Å². The second-order valence-corrected chi connectivity index (χ2v) is 11.2. The van der Waals surface area contributed by atoms with Gasteiger partial charge in [0.05, 0.1) is 34.5 Å². The molecule has 0 aliphatic heterocycles. The molecule has 0 spiro atoms. The number of aromatic nitrogens is 5. The Morgan fingerprint density at radius 1 is 1.05 bits per heavy atom. The van der Waals surface area contributed by atoms with E-state index < -0.39 is 34.1 Å². The normalized spacial score (nSPS) is 12.3. The Balaban J connectivity index is 1.46. The molecule has 210 valence electrons. The summed E-state index contributed by atoms with van der Waals surface area (Å²) < 4.78 is 48.5.